The molecule has 2 fully saturated rings. The van der Waals surface area contributed by atoms with Gasteiger partial charge in [0.2, 0.25) is 11.6 Å². The maximum atomic E-state index is 15.2. The van der Waals surface area contributed by atoms with Crippen LogP contribution in [-0.4, -0.2) is 17.7 Å². The van der Waals surface area contributed by atoms with Gasteiger partial charge < -0.3 is 14.6 Å². The van der Waals surface area contributed by atoms with E-state index < -0.39 is 58.6 Å². The Balaban J connectivity index is 1.18. The van der Waals surface area contributed by atoms with Crippen molar-refractivity contribution in [2.45, 2.75) is 95.5 Å². The number of halogens is 6. The van der Waals surface area contributed by atoms with Crippen LogP contribution in [0.15, 0.2) is 36.4 Å². The third-order valence-electron chi connectivity index (χ3n) is 9.66. The second kappa shape index (κ2) is 14.5. The number of rotatable bonds is 9. The first-order chi connectivity index (χ1) is 22.0. The van der Waals surface area contributed by atoms with Crippen LogP contribution in [0.5, 0.6) is 11.5 Å². The predicted molar refractivity (Wildman–Crippen MR) is 160 cm³/mol. The molecule has 0 aromatic heterocycles. The Morgan fingerprint density at radius 2 is 1.09 bits per heavy atom. The van der Waals surface area contributed by atoms with Crippen LogP contribution in [0.4, 0.5) is 26.3 Å². The molecule has 248 valence electrons. The lowest BCUT2D eigenvalue weighted by molar-refractivity contribution is -0.140. The van der Waals surface area contributed by atoms with Gasteiger partial charge in [-0.3, -0.25) is 4.79 Å². The number of hydrogen-bond acceptors (Lipinski definition) is 4. The average molecular weight is 649 g/mol. The van der Waals surface area contributed by atoms with Crippen molar-refractivity contribution < 1.29 is 45.7 Å². The van der Waals surface area contributed by atoms with Gasteiger partial charge in [0.25, 0.3) is 0 Å². The summed E-state index contributed by atoms with van der Waals surface area (Å²) in [7, 11) is 0. The fourth-order valence-corrected chi connectivity index (χ4v) is 6.99. The zero-order valence-corrected chi connectivity index (χ0v) is 25.9. The number of carbonyl (C=O) groups is 1. The van der Waals surface area contributed by atoms with Gasteiger partial charge in [0, 0.05) is 5.56 Å². The smallest absolute Gasteiger partial charge is 0.314 e. The summed E-state index contributed by atoms with van der Waals surface area (Å²) in [6.45, 7) is 3.54. The number of hydrogen-bond donors (Lipinski definition) is 1. The van der Waals surface area contributed by atoms with Crippen molar-refractivity contribution in [1.29, 1.82) is 0 Å². The van der Waals surface area contributed by atoms with E-state index in [1.807, 2.05) is 0 Å². The van der Waals surface area contributed by atoms with Crippen LogP contribution in [-0.2, 0) is 4.79 Å². The van der Waals surface area contributed by atoms with Gasteiger partial charge in [0.15, 0.2) is 34.8 Å². The van der Waals surface area contributed by atoms with Crippen LogP contribution in [0.3, 0.4) is 0 Å². The molecule has 10 heteroatoms. The Kier molecular flexibility index (Phi) is 10.7. The lowest BCUT2D eigenvalue weighted by Gasteiger charge is -2.30. The Labute approximate surface area is 264 Å². The number of carbonyl (C=O) groups excluding carboxylic acids is 1. The van der Waals surface area contributed by atoms with Crippen molar-refractivity contribution in [2.75, 3.05) is 6.61 Å². The Morgan fingerprint density at radius 1 is 0.652 bits per heavy atom. The largest absolute Gasteiger partial charge is 0.491 e. The average Bonchev–Trinajstić information content (AvgIpc) is 3.07. The Hall–Kier alpha value is -3.53. The second-order valence-electron chi connectivity index (χ2n) is 12.3. The normalized spacial score (nSPS) is 22.4. The van der Waals surface area contributed by atoms with Gasteiger partial charge in [0.05, 0.1) is 18.6 Å². The van der Waals surface area contributed by atoms with Gasteiger partial charge in [-0.05, 0) is 111 Å². The zero-order chi connectivity index (χ0) is 33.1. The van der Waals surface area contributed by atoms with Crippen molar-refractivity contribution in [3.05, 3.63) is 93.6 Å². The first-order valence-corrected chi connectivity index (χ1v) is 16.0. The van der Waals surface area contributed by atoms with Crippen molar-refractivity contribution >= 4 is 5.97 Å². The summed E-state index contributed by atoms with van der Waals surface area (Å²) in [4.78, 5) is 12.9. The van der Waals surface area contributed by atoms with E-state index in [4.69, 9.17) is 9.47 Å². The number of esters is 1. The Morgan fingerprint density at radius 3 is 1.59 bits per heavy atom. The number of aliphatic hydroxyl groups is 1. The van der Waals surface area contributed by atoms with Gasteiger partial charge in [-0.25, -0.2) is 17.6 Å². The summed E-state index contributed by atoms with van der Waals surface area (Å²) in [6.07, 6.45) is 2.27. The molecule has 0 spiro atoms. The maximum absolute atomic E-state index is 15.2. The fraction of sp³-hybridized carbons (Fsp3) is 0.472. The molecule has 0 amide bonds. The van der Waals surface area contributed by atoms with E-state index in [-0.39, 0.29) is 58.8 Å². The van der Waals surface area contributed by atoms with Crippen LogP contribution < -0.4 is 9.47 Å². The number of aliphatic hydroxyl groups excluding tert-OH is 1. The van der Waals surface area contributed by atoms with Crippen LogP contribution in [0.25, 0.3) is 0 Å². The minimum absolute atomic E-state index is 0.0926. The summed E-state index contributed by atoms with van der Waals surface area (Å²) in [5.74, 6) is -9.38. The molecule has 1 N–H and O–H groups in total. The van der Waals surface area contributed by atoms with Crippen molar-refractivity contribution in [3.8, 4) is 11.5 Å². The van der Waals surface area contributed by atoms with Crippen LogP contribution >= 0.6 is 0 Å². The minimum atomic E-state index is -1.27. The first kappa shape index (κ1) is 33.8. The highest BCUT2D eigenvalue weighted by Gasteiger charge is 2.33. The molecule has 46 heavy (non-hydrogen) atoms. The van der Waals surface area contributed by atoms with E-state index in [2.05, 4.69) is 0 Å². The van der Waals surface area contributed by atoms with E-state index in [9.17, 15) is 27.5 Å². The fourth-order valence-electron chi connectivity index (χ4n) is 6.99. The topological polar surface area (TPSA) is 55.8 Å². The minimum Gasteiger partial charge on any atom is -0.491 e. The summed E-state index contributed by atoms with van der Waals surface area (Å²) in [5, 5.41) is 9.92. The summed E-state index contributed by atoms with van der Waals surface area (Å²) >= 11 is 0. The third-order valence-corrected chi connectivity index (χ3v) is 9.66. The Bertz CT molecular complexity index is 1560. The molecule has 3 aromatic rings. The monoisotopic (exact) mass is 648 g/mol. The van der Waals surface area contributed by atoms with Crippen LogP contribution in [0.1, 0.15) is 118 Å². The molecular weight excluding hydrogens is 610 g/mol. The predicted octanol–water partition coefficient (Wildman–Crippen LogP) is 9.68. The summed E-state index contributed by atoms with van der Waals surface area (Å²) < 4.78 is 99.2. The maximum Gasteiger partial charge on any atom is 0.314 e. The molecule has 0 bridgehead atoms. The number of benzene rings is 3. The molecular formula is C36H38F6O4. The molecule has 0 heterocycles. The van der Waals surface area contributed by atoms with Crippen molar-refractivity contribution in [1.82, 2.24) is 0 Å². The highest BCUT2D eigenvalue weighted by atomic mass is 19.2. The summed E-state index contributed by atoms with van der Waals surface area (Å²) in [5.41, 5.74) is 0.474. The van der Waals surface area contributed by atoms with E-state index in [0.29, 0.717) is 51.4 Å². The second-order valence-corrected chi connectivity index (χ2v) is 12.3. The molecule has 2 aliphatic carbocycles. The summed E-state index contributed by atoms with van der Waals surface area (Å²) in [6, 6.07) is 8.41. The molecule has 5 rings (SSSR count). The van der Waals surface area contributed by atoms with E-state index in [1.165, 1.54) is 36.4 Å². The van der Waals surface area contributed by atoms with Gasteiger partial charge in [0.1, 0.15) is 0 Å². The molecule has 1 unspecified atom stereocenters. The quantitative estimate of drug-likeness (QED) is 0.143. The molecule has 0 saturated heterocycles. The van der Waals surface area contributed by atoms with E-state index >= 15 is 8.78 Å². The number of ether oxygens (including phenoxy) is 2. The molecule has 0 radical (unpaired) electrons. The third kappa shape index (κ3) is 6.77. The van der Waals surface area contributed by atoms with Crippen LogP contribution in [0.2, 0.25) is 0 Å². The van der Waals surface area contributed by atoms with Gasteiger partial charge in [-0.1, -0.05) is 31.2 Å². The molecule has 3 aromatic carbocycles. The van der Waals surface area contributed by atoms with Gasteiger partial charge >= 0.3 is 5.97 Å². The molecule has 2 saturated carbocycles. The lowest BCUT2D eigenvalue weighted by atomic mass is 9.76. The lowest BCUT2D eigenvalue weighted by Crippen LogP contribution is -2.26. The van der Waals surface area contributed by atoms with Crippen molar-refractivity contribution in [3.63, 3.8) is 0 Å². The van der Waals surface area contributed by atoms with E-state index in [0.717, 1.165) is 0 Å². The highest BCUT2D eigenvalue weighted by Crippen LogP contribution is 2.44. The van der Waals surface area contributed by atoms with Gasteiger partial charge in [-0.2, -0.15) is 8.78 Å². The highest BCUT2D eigenvalue weighted by molar-refractivity contribution is 5.75. The molecule has 4 nitrogen and oxygen atoms in total. The zero-order valence-electron chi connectivity index (χ0n) is 25.9. The first-order valence-electron chi connectivity index (χ1n) is 16.0. The molecule has 0 aliphatic heterocycles. The van der Waals surface area contributed by atoms with E-state index in [1.54, 1.807) is 13.8 Å². The standard InChI is InChI=1S/C36H38F6O4/c1-3-27(43)26-14-13-23(30(37)33(26)40)21-9-11-22(12-10-21)36(44)46-29-18-16-25(32(39)35(29)42)20-7-5-19(6-8-20)24-15-17-28(45-4-2)34(41)31(24)38/h13-22,27,43H,3-12H2,1-2H3. The molecule has 1 atom stereocenters. The van der Waals surface area contributed by atoms with Crippen LogP contribution in [0, 0.1) is 40.8 Å². The molecule has 2 aliphatic rings. The SMILES string of the molecule is CCOc1ccc(C2CCC(c3ccc(OC(=O)C4CCC(c5ccc(C(O)CC)c(F)c5F)CC4)c(F)c3F)CC2)c(F)c1F. The van der Waals surface area contributed by atoms with Gasteiger partial charge in [-0.15, -0.1) is 0 Å². The van der Waals surface area contributed by atoms with Crippen molar-refractivity contribution in [2.24, 2.45) is 5.92 Å².